The number of phosphoric ester groups is 1. The van der Waals surface area contributed by atoms with Crippen molar-refractivity contribution < 1.29 is 42.1 Å². The quantitative estimate of drug-likeness (QED) is 0.0211. The monoisotopic (exact) mass is 1330 g/mol. The molecule has 2 unspecified atom stereocenters. The summed E-state index contributed by atoms with van der Waals surface area (Å²) in [7, 11) is 1.47. The Kier molecular flexibility index (Phi) is 70.4. The summed E-state index contributed by atoms with van der Waals surface area (Å²) in [5, 5.41) is 0. The maximum Gasteiger partial charge on any atom is 0.472 e. The van der Waals surface area contributed by atoms with Crippen molar-refractivity contribution in [3.05, 3.63) is 134 Å². The smallest absolute Gasteiger partial charge is 0.462 e. The van der Waals surface area contributed by atoms with Crippen LogP contribution < -0.4 is 0 Å². The summed E-state index contributed by atoms with van der Waals surface area (Å²) in [5.41, 5.74) is 0. The molecule has 0 heterocycles. The molecule has 94 heavy (non-hydrogen) atoms. The lowest BCUT2D eigenvalue weighted by Crippen LogP contribution is -2.37. The van der Waals surface area contributed by atoms with E-state index < -0.39 is 26.5 Å². The number of quaternary nitrogens is 1. The van der Waals surface area contributed by atoms with Gasteiger partial charge in [-0.3, -0.25) is 18.6 Å². The van der Waals surface area contributed by atoms with Gasteiger partial charge in [0.2, 0.25) is 0 Å². The number of nitrogens with zero attached hydrogens (tertiary/aromatic N) is 1. The lowest BCUT2D eigenvalue weighted by molar-refractivity contribution is -0.870. The van der Waals surface area contributed by atoms with E-state index in [2.05, 4.69) is 148 Å². The highest BCUT2D eigenvalue weighted by Crippen LogP contribution is 2.43. The van der Waals surface area contributed by atoms with Gasteiger partial charge in [0.25, 0.3) is 0 Å². The van der Waals surface area contributed by atoms with Crippen molar-refractivity contribution in [3.8, 4) is 0 Å². The SMILES string of the molecule is CC/C=C\C/C=C\C/C=C\C/C=C\C/C=C\C/C=C\C/C=C\CCCCCCCCCC(=O)OC(COC(=O)CCCCCCCCCCCCCCCCCCCCCCCCCCCCCC/C=C\C/C=C\C/C=C\C/C=C\CC)COP(=O)(O)OCC[N+](C)(C)C. The summed E-state index contributed by atoms with van der Waals surface area (Å²) in [5.74, 6) is -0.804. The van der Waals surface area contributed by atoms with Crippen molar-refractivity contribution in [1.29, 1.82) is 0 Å². The molecule has 0 amide bonds. The Morgan fingerprint density at radius 1 is 0.330 bits per heavy atom. The van der Waals surface area contributed by atoms with Crippen molar-refractivity contribution in [3.63, 3.8) is 0 Å². The normalized spacial score (nSPS) is 13.8. The van der Waals surface area contributed by atoms with Gasteiger partial charge in [-0.05, 0) is 109 Å². The highest BCUT2D eigenvalue weighted by atomic mass is 31.2. The van der Waals surface area contributed by atoms with Gasteiger partial charge in [0.15, 0.2) is 6.10 Å². The van der Waals surface area contributed by atoms with Gasteiger partial charge in [0, 0.05) is 12.8 Å². The Morgan fingerprint density at radius 2 is 0.574 bits per heavy atom. The van der Waals surface area contributed by atoms with Gasteiger partial charge in [0.05, 0.1) is 27.7 Å². The number of hydrogen-bond acceptors (Lipinski definition) is 7. The lowest BCUT2D eigenvalue weighted by Gasteiger charge is -2.24. The molecule has 0 saturated carbocycles. The summed E-state index contributed by atoms with van der Waals surface area (Å²) in [6.07, 6.45) is 107. The van der Waals surface area contributed by atoms with Crippen molar-refractivity contribution in [2.45, 2.75) is 341 Å². The molecule has 2 atom stereocenters. The number of unbranched alkanes of at least 4 members (excludes halogenated alkanes) is 35. The highest BCUT2D eigenvalue weighted by Gasteiger charge is 2.27. The first-order valence-electron chi connectivity index (χ1n) is 38.9. The number of rotatable bonds is 71. The molecule has 9 nitrogen and oxygen atoms in total. The third-order valence-corrected chi connectivity index (χ3v) is 17.7. The fourth-order valence-electron chi connectivity index (χ4n) is 10.8. The standard InChI is InChI=1S/C84H146NO8P/c1-6-8-10-12-14-16-18-20-22-24-26-28-30-32-34-36-37-38-39-40-41-42-43-44-45-46-47-49-50-52-54-56-58-60-62-64-66-68-70-72-74-76-83(86)90-80-82(81-92-94(88,89)91-79-78-85(3,4)5)93-84(87)77-75-73-71-69-67-65-63-61-59-57-55-53-51-48-35-33-31-29-27-25-23-21-19-17-15-13-11-9-7-2/h8-11,14-17,20-23,26-29,33,35,51,53,57,59,82H,6-7,12-13,18-19,24-25,30-32,34,36-50,52,54-56,58,60-81H2,1-5H3/p+1/b10-8-,11-9-,16-14-,17-15-,22-20-,23-21-,28-26-,29-27-,35-33-,53-51-,59-57-. The molecule has 0 fully saturated rings. The summed E-state index contributed by atoms with van der Waals surface area (Å²) in [6, 6.07) is 0. The zero-order chi connectivity index (χ0) is 68.3. The van der Waals surface area contributed by atoms with Crippen LogP contribution >= 0.6 is 7.82 Å². The Hall–Kier alpha value is -3.85. The molecule has 10 heteroatoms. The van der Waals surface area contributed by atoms with Gasteiger partial charge in [-0.2, -0.15) is 0 Å². The molecule has 0 spiro atoms. The molecule has 540 valence electrons. The van der Waals surface area contributed by atoms with E-state index >= 15 is 0 Å². The van der Waals surface area contributed by atoms with E-state index in [0.29, 0.717) is 17.4 Å². The average Bonchev–Trinajstić information content (AvgIpc) is 1.65. The van der Waals surface area contributed by atoms with Crippen LogP contribution in [0.5, 0.6) is 0 Å². The minimum Gasteiger partial charge on any atom is -0.462 e. The summed E-state index contributed by atoms with van der Waals surface area (Å²) < 4.78 is 34.8. The van der Waals surface area contributed by atoms with Crippen LogP contribution in [0.1, 0.15) is 335 Å². The Balaban J connectivity index is 3.96. The number of esters is 2. The number of phosphoric acid groups is 1. The van der Waals surface area contributed by atoms with Crippen molar-refractivity contribution in [1.82, 2.24) is 0 Å². The second-order valence-electron chi connectivity index (χ2n) is 27.0. The van der Waals surface area contributed by atoms with E-state index in [1.807, 2.05) is 21.1 Å². The van der Waals surface area contributed by atoms with E-state index in [4.69, 9.17) is 18.5 Å². The van der Waals surface area contributed by atoms with Gasteiger partial charge in [-0.1, -0.05) is 347 Å². The van der Waals surface area contributed by atoms with Crippen molar-refractivity contribution >= 4 is 19.8 Å². The van der Waals surface area contributed by atoms with Crippen LogP contribution in [-0.4, -0.2) is 74.9 Å². The number of ether oxygens (including phenoxy) is 2. The average molecular weight is 1330 g/mol. The fourth-order valence-corrected chi connectivity index (χ4v) is 11.6. The van der Waals surface area contributed by atoms with E-state index in [9.17, 15) is 19.0 Å². The van der Waals surface area contributed by atoms with Gasteiger partial charge in [-0.15, -0.1) is 0 Å². The van der Waals surface area contributed by atoms with Gasteiger partial charge >= 0.3 is 19.8 Å². The van der Waals surface area contributed by atoms with Crippen LogP contribution in [0.25, 0.3) is 0 Å². The van der Waals surface area contributed by atoms with Crippen LogP contribution in [0.4, 0.5) is 0 Å². The second kappa shape index (κ2) is 73.4. The predicted octanol–water partition coefficient (Wildman–Crippen LogP) is 25.9. The molecule has 0 saturated heterocycles. The van der Waals surface area contributed by atoms with Crippen LogP contribution in [0.3, 0.4) is 0 Å². The highest BCUT2D eigenvalue weighted by molar-refractivity contribution is 7.47. The van der Waals surface area contributed by atoms with Crippen LogP contribution in [0.15, 0.2) is 134 Å². The van der Waals surface area contributed by atoms with E-state index in [1.165, 1.54) is 186 Å². The molecule has 0 aliphatic heterocycles. The minimum absolute atomic E-state index is 0.0251. The number of carbonyl (C=O) groups excluding carboxylic acids is 2. The van der Waals surface area contributed by atoms with Crippen molar-refractivity contribution in [2.24, 2.45) is 0 Å². The molecule has 0 aromatic carbocycles. The maximum atomic E-state index is 12.9. The molecular formula is C84H147NO8P+. The number of hydrogen-bond donors (Lipinski definition) is 1. The molecule has 0 rings (SSSR count). The molecule has 0 aliphatic rings. The van der Waals surface area contributed by atoms with E-state index in [0.717, 1.165) is 116 Å². The summed E-state index contributed by atoms with van der Waals surface area (Å²) in [4.78, 5) is 36.0. The van der Waals surface area contributed by atoms with E-state index in [1.54, 1.807) is 0 Å². The maximum absolute atomic E-state index is 12.9. The Morgan fingerprint density at radius 3 is 0.851 bits per heavy atom. The minimum atomic E-state index is -4.40. The molecule has 0 aliphatic carbocycles. The lowest BCUT2D eigenvalue weighted by atomic mass is 10.0. The zero-order valence-corrected chi connectivity index (χ0v) is 62.6. The third-order valence-electron chi connectivity index (χ3n) is 16.7. The van der Waals surface area contributed by atoms with Crippen LogP contribution in [-0.2, 0) is 32.7 Å². The number of allylic oxidation sites excluding steroid dienone is 22. The topological polar surface area (TPSA) is 108 Å². The predicted molar refractivity (Wildman–Crippen MR) is 408 cm³/mol. The molecule has 0 aromatic rings. The zero-order valence-electron chi connectivity index (χ0n) is 61.7. The Bertz CT molecular complexity index is 2050. The van der Waals surface area contributed by atoms with Crippen LogP contribution in [0, 0.1) is 0 Å². The van der Waals surface area contributed by atoms with Gasteiger partial charge in [0.1, 0.15) is 19.8 Å². The first kappa shape index (κ1) is 90.2. The number of carbonyl (C=O) groups is 2. The first-order valence-corrected chi connectivity index (χ1v) is 40.4. The Labute approximate surface area is 581 Å². The number of likely N-dealkylation sites (N-methyl/N-ethyl adjacent to an activating group) is 1. The van der Waals surface area contributed by atoms with Gasteiger partial charge in [-0.25, -0.2) is 4.57 Å². The second-order valence-corrected chi connectivity index (χ2v) is 28.4. The van der Waals surface area contributed by atoms with Gasteiger partial charge < -0.3 is 18.9 Å². The fraction of sp³-hybridized carbons (Fsp3) is 0.714. The van der Waals surface area contributed by atoms with Crippen LogP contribution in [0.2, 0.25) is 0 Å². The molecule has 1 N–H and O–H groups in total. The molecule has 0 aromatic heterocycles. The third kappa shape index (κ3) is 77.2. The molecule has 0 bridgehead atoms. The first-order chi connectivity index (χ1) is 46.0. The molecule has 0 radical (unpaired) electrons. The van der Waals surface area contributed by atoms with E-state index in [-0.39, 0.29) is 32.0 Å². The summed E-state index contributed by atoms with van der Waals surface area (Å²) in [6.45, 7) is 4.22. The van der Waals surface area contributed by atoms with Crippen molar-refractivity contribution in [2.75, 3.05) is 47.5 Å². The molecular weight excluding hydrogens is 1180 g/mol. The summed E-state index contributed by atoms with van der Waals surface area (Å²) >= 11 is 0. The largest absolute Gasteiger partial charge is 0.472 e.